The Bertz CT molecular complexity index is 753. The summed E-state index contributed by atoms with van der Waals surface area (Å²) < 4.78 is 5.36. The van der Waals surface area contributed by atoms with Crippen LogP contribution in [0.15, 0.2) is 52.1 Å². The molecule has 2 aromatic rings. The molecule has 3 rings (SSSR count). The fourth-order valence-electron chi connectivity index (χ4n) is 3.04. The summed E-state index contributed by atoms with van der Waals surface area (Å²) in [4.78, 5) is 17.9. The number of aliphatic imine (C=N–C) groups is 1. The minimum Gasteiger partial charge on any atom is -0.467 e. The Labute approximate surface area is 154 Å². The molecule has 2 N–H and O–H groups in total. The lowest BCUT2D eigenvalue weighted by Gasteiger charge is -2.27. The van der Waals surface area contributed by atoms with Crippen LogP contribution in [0, 0.1) is 0 Å². The van der Waals surface area contributed by atoms with Gasteiger partial charge < -0.3 is 20.0 Å². The lowest BCUT2D eigenvalue weighted by molar-refractivity contribution is -0.127. The maximum absolute atomic E-state index is 11.9. The van der Waals surface area contributed by atoms with E-state index in [9.17, 15) is 4.79 Å². The van der Waals surface area contributed by atoms with Crippen molar-refractivity contribution in [1.82, 2.24) is 15.5 Å². The number of fused-ring (bicyclic) bond motifs is 1. The SMILES string of the molecule is CN(C)C(=O)CN=C(NCc1ccco1)NC1CCc2ccccc2C1. The van der Waals surface area contributed by atoms with Crippen molar-refractivity contribution in [3.05, 3.63) is 59.5 Å². The van der Waals surface area contributed by atoms with E-state index in [1.165, 1.54) is 11.1 Å². The Morgan fingerprint density at radius 3 is 2.77 bits per heavy atom. The lowest BCUT2D eigenvalue weighted by Crippen LogP contribution is -2.46. The van der Waals surface area contributed by atoms with Crippen LogP contribution in [0.25, 0.3) is 0 Å². The molecule has 6 heteroatoms. The van der Waals surface area contributed by atoms with Crippen molar-refractivity contribution in [1.29, 1.82) is 0 Å². The highest BCUT2D eigenvalue weighted by Crippen LogP contribution is 2.20. The van der Waals surface area contributed by atoms with E-state index in [1.54, 1.807) is 25.3 Å². The van der Waals surface area contributed by atoms with E-state index in [1.807, 2.05) is 12.1 Å². The fourth-order valence-corrected chi connectivity index (χ4v) is 3.04. The van der Waals surface area contributed by atoms with Gasteiger partial charge >= 0.3 is 0 Å². The van der Waals surface area contributed by atoms with Gasteiger partial charge in [-0.2, -0.15) is 0 Å². The highest BCUT2D eigenvalue weighted by molar-refractivity contribution is 5.84. The molecule has 1 aromatic heterocycles. The van der Waals surface area contributed by atoms with Crippen molar-refractivity contribution in [2.75, 3.05) is 20.6 Å². The number of hydrogen-bond donors (Lipinski definition) is 2. The number of carbonyl (C=O) groups is 1. The zero-order valence-electron chi connectivity index (χ0n) is 15.4. The monoisotopic (exact) mass is 354 g/mol. The van der Waals surface area contributed by atoms with Gasteiger partial charge in [-0.3, -0.25) is 4.79 Å². The molecule has 0 saturated carbocycles. The van der Waals surface area contributed by atoms with Crippen molar-refractivity contribution in [2.45, 2.75) is 31.8 Å². The van der Waals surface area contributed by atoms with Crippen LogP contribution in [0.2, 0.25) is 0 Å². The highest BCUT2D eigenvalue weighted by Gasteiger charge is 2.19. The summed E-state index contributed by atoms with van der Waals surface area (Å²) in [5.41, 5.74) is 2.81. The number of aryl methyl sites for hydroxylation is 1. The van der Waals surface area contributed by atoms with Crippen LogP contribution in [0.1, 0.15) is 23.3 Å². The Kier molecular flexibility index (Phi) is 5.94. The van der Waals surface area contributed by atoms with Gasteiger partial charge in [0.1, 0.15) is 12.3 Å². The number of hydrogen-bond acceptors (Lipinski definition) is 3. The second-order valence-corrected chi connectivity index (χ2v) is 6.74. The number of amides is 1. The molecule has 1 amide bonds. The molecule has 1 atom stereocenters. The Morgan fingerprint density at radius 1 is 1.23 bits per heavy atom. The van der Waals surface area contributed by atoms with E-state index in [4.69, 9.17) is 4.42 Å². The maximum atomic E-state index is 11.9. The highest BCUT2D eigenvalue weighted by atomic mass is 16.3. The fraction of sp³-hybridized carbons (Fsp3) is 0.400. The molecule has 26 heavy (non-hydrogen) atoms. The third-order valence-corrected chi connectivity index (χ3v) is 4.57. The topological polar surface area (TPSA) is 69.9 Å². The number of carbonyl (C=O) groups excluding carboxylic acids is 1. The van der Waals surface area contributed by atoms with Crippen LogP contribution in [-0.4, -0.2) is 43.4 Å². The molecular weight excluding hydrogens is 328 g/mol. The first-order chi connectivity index (χ1) is 12.6. The zero-order valence-corrected chi connectivity index (χ0v) is 15.4. The van der Waals surface area contributed by atoms with Crippen LogP contribution in [0.5, 0.6) is 0 Å². The molecule has 0 fully saturated rings. The van der Waals surface area contributed by atoms with Gasteiger partial charge in [0.25, 0.3) is 0 Å². The maximum Gasteiger partial charge on any atom is 0.243 e. The van der Waals surface area contributed by atoms with Gasteiger partial charge in [-0.1, -0.05) is 24.3 Å². The number of likely N-dealkylation sites (N-methyl/N-ethyl adjacent to an activating group) is 1. The number of nitrogens with one attached hydrogen (secondary N) is 2. The number of rotatable bonds is 5. The predicted octanol–water partition coefficient (Wildman–Crippen LogP) is 1.96. The first-order valence-corrected chi connectivity index (χ1v) is 8.96. The van der Waals surface area contributed by atoms with Gasteiger partial charge in [0.2, 0.25) is 5.91 Å². The summed E-state index contributed by atoms with van der Waals surface area (Å²) in [7, 11) is 3.47. The summed E-state index contributed by atoms with van der Waals surface area (Å²) in [5.74, 6) is 1.44. The van der Waals surface area contributed by atoms with E-state index in [2.05, 4.69) is 39.9 Å². The average molecular weight is 354 g/mol. The van der Waals surface area contributed by atoms with Gasteiger partial charge in [0, 0.05) is 20.1 Å². The van der Waals surface area contributed by atoms with Crippen molar-refractivity contribution >= 4 is 11.9 Å². The molecule has 1 aromatic carbocycles. The number of guanidine groups is 1. The number of furan rings is 1. The van der Waals surface area contributed by atoms with Crippen LogP contribution in [-0.2, 0) is 24.2 Å². The minimum absolute atomic E-state index is 0.0295. The lowest BCUT2D eigenvalue weighted by atomic mass is 9.88. The molecule has 0 radical (unpaired) electrons. The molecule has 1 unspecified atom stereocenters. The third-order valence-electron chi connectivity index (χ3n) is 4.57. The zero-order chi connectivity index (χ0) is 18.4. The van der Waals surface area contributed by atoms with Crippen LogP contribution >= 0.6 is 0 Å². The number of nitrogens with zero attached hydrogens (tertiary/aromatic N) is 2. The van der Waals surface area contributed by atoms with Crippen molar-refractivity contribution < 1.29 is 9.21 Å². The second kappa shape index (κ2) is 8.56. The van der Waals surface area contributed by atoms with Gasteiger partial charge in [-0.15, -0.1) is 0 Å². The molecule has 1 aliphatic carbocycles. The van der Waals surface area contributed by atoms with E-state index < -0.39 is 0 Å². The number of benzene rings is 1. The van der Waals surface area contributed by atoms with Crippen molar-refractivity contribution in [3.63, 3.8) is 0 Å². The van der Waals surface area contributed by atoms with Gasteiger partial charge in [0.15, 0.2) is 5.96 Å². The molecule has 0 spiro atoms. The van der Waals surface area contributed by atoms with Gasteiger partial charge in [0.05, 0.1) is 12.8 Å². The predicted molar refractivity (Wildman–Crippen MR) is 102 cm³/mol. The van der Waals surface area contributed by atoms with Crippen molar-refractivity contribution in [3.8, 4) is 0 Å². The summed E-state index contributed by atoms with van der Waals surface area (Å²) in [6.07, 6.45) is 4.70. The van der Waals surface area contributed by atoms with E-state index >= 15 is 0 Å². The first kappa shape index (κ1) is 18.0. The van der Waals surface area contributed by atoms with Crippen LogP contribution < -0.4 is 10.6 Å². The minimum atomic E-state index is -0.0295. The first-order valence-electron chi connectivity index (χ1n) is 8.96. The second-order valence-electron chi connectivity index (χ2n) is 6.74. The average Bonchev–Trinajstić information content (AvgIpc) is 3.17. The van der Waals surface area contributed by atoms with Crippen LogP contribution in [0.3, 0.4) is 0 Å². The van der Waals surface area contributed by atoms with Gasteiger partial charge in [-0.25, -0.2) is 4.99 Å². The molecule has 1 aliphatic rings. The van der Waals surface area contributed by atoms with Crippen molar-refractivity contribution in [2.24, 2.45) is 4.99 Å². The molecule has 138 valence electrons. The Hall–Kier alpha value is -2.76. The van der Waals surface area contributed by atoms with Gasteiger partial charge in [-0.05, 0) is 42.5 Å². The summed E-state index contributed by atoms with van der Waals surface area (Å²) in [5, 5.41) is 6.74. The summed E-state index contributed by atoms with van der Waals surface area (Å²) >= 11 is 0. The molecule has 6 nitrogen and oxygen atoms in total. The largest absolute Gasteiger partial charge is 0.467 e. The standard InChI is InChI=1S/C20H26N4O2/c1-24(2)19(25)14-22-20(21-13-18-8-5-11-26-18)23-17-10-9-15-6-3-4-7-16(15)12-17/h3-8,11,17H,9-10,12-14H2,1-2H3,(H2,21,22,23). The molecular formula is C20H26N4O2. The molecule has 0 aliphatic heterocycles. The smallest absolute Gasteiger partial charge is 0.243 e. The van der Waals surface area contributed by atoms with E-state index in [-0.39, 0.29) is 12.5 Å². The Balaban J connectivity index is 1.64. The normalized spacial score (nSPS) is 16.7. The van der Waals surface area contributed by atoms with Crippen LogP contribution in [0.4, 0.5) is 0 Å². The quantitative estimate of drug-likeness (QED) is 0.636. The molecule has 0 bridgehead atoms. The molecule has 0 saturated heterocycles. The summed E-state index contributed by atoms with van der Waals surface area (Å²) in [6.45, 7) is 0.641. The van der Waals surface area contributed by atoms with E-state index in [0.717, 1.165) is 25.0 Å². The molecule has 1 heterocycles. The van der Waals surface area contributed by atoms with E-state index in [0.29, 0.717) is 18.5 Å². The third kappa shape index (κ3) is 4.88. The Morgan fingerprint density at radius 2 is 2.04 bits per heavy atom. The summed E-state index contributed by atoms with van der Waals surface area (Å²) in [6, 6.07) is 12.6.